The molecule has 0 saturated heterocycles. The molecule has 7 heteroatoms. The van der Waals surface area contributed by atoms with E-state index in [1.165, 1.54) is 17.4 Å². The Morgan fingerprint density at radius 3 is 2.89 bits per heavy atom. The Labute approximate surface area is 168 Å². The number of carbonyl (C=O) groups is 1. The molecule has 0 aliphatic heterocycles. The van der Waals surface area contributed by atoms with Gasteiger partial charge in [0.15, 0.2) is 4.80 Å². The Bertz CT molecular complexity index is 1380. The van der Waals surface area contributed by atoms with Crippen LogP contribution in [0, 0.1) is 6.92 Å². The summed E-state index contributed by atoms with van der Waals surface area (Å²) in [6, 6.07) is 12.3. The standard InChI is InChI=1S/C21H15ClN2O3S/c1-3-10-24-18-12(2)15(22)8-9-17(18)28-21(24)23-19(25)14-11-13-6-4-5-7-16(13)27-20(14)26/h3-9,11H,1,10H2,2H3. The van der Waals surface area contributed by atoms with Gasteiger partial charge >= 0.3 is 5.63 Å². The number of hydrogen-bond donors (Lipinski definition) is 0. The van der Waals surface area contributed by atoms with Gasteiger partial charge in [-0.05, 0) is 36.8 Å². The Morgan fingerprint density at radius 2 is 2.11 bits per heavy atom. The Balaban J connectivity index is 1.93. The van der Waals surface area contributed by atoms with Crippen LogP contribution in [0.25, 0.3) is 21.2 Å². The lowest BCUT2D eigenvalue weighted by atomic mass is 10.2. The van der Waals surface area contributed by atoms with E-state index in [1.807, 2.05) is 29.7 Å². The molecule has 4 rings (SSSR count). The molecule has 0 bridgehead atoms. The van der Waals surface area contributed by atoms with Gasteiger partial charge in [0.05, 0.1) is 10.2 Å². The molecule has 5 nitrogen and oxygen atoms in total. The van der Waals surface area contributed by atoms with E-state index in [4.69, 9.17) is 16.0 Å². The first-order chi connectivity index (χ1) is 13.5. The highest BCUT2D eigenvalue weighted by molar-refractivity contribution is 7.16. The molecule has 0 radical (unpaired) electrons. The number of allylic oxidation sites excluding steroid dienone is 1. The molecule has 2 heterocycles. The fourth-order valence-electron chi connectivity index (χ4n) is 3.06. The molecule has 0 spiro atoms. The summed E-state index contributed by atoms with van der Waals surface area (Å²) < 4.78 is 8.06. The van der Waals surface area contributed by atoms with Gasteiger partial charge in [-0.3, -0.25) is 4.79 Å². The maximum Gasteiger partial charge on any atom is 0.349 e. The fourth-order valence-corrected chi connectivity index (χ4v) is 4.31. The monoisotopic (exact) mass is 410 g/mol. The number of thiazole rings is 1. The lowest BCUT2D eigenvalue weighted by molar-refractivity contribution is 0.0994. The van der Waals surface area contributed by atoms with Crippen LogP contribution >= 0.6 is 22.9 Å². The molecule has 140 valence electrons. The molecule has 0 aliphatic rings. The number of rotatable bonds is 3. The molecule has 28 heavy (non-hydrogen) atoms. The van der Waals surface area contributed by atoms with Gasteiger partial charge in [0, 0.05) is 17.0 Å². The van der Waals surface area contributed by atoms with Crippen molar-refractivity contribution in [3.05, 3.63) is 86.5 Å². The van der Waals surface area contributed by atoms with E-state index in [-0.39, 0.29) is 5.56 Å². The summed E-state index contributed by atoms with van der Waals surface area (Å²) in [5, 5.41) is 1.30. The first kappa shape index (κ1) is 18.4. The molecule has 2 aromatic carbocycles. The molecule has 0 aliphatic carbocycles. The number of para-hydroxylation sites is 1. The number of carbonyl (C=O) groups excluding carboxylic acids is 1. The largest absolute Gasteiger partial charge is 0.422 e. The number of fused-ring (bicyclic) bond motifs is 2. The van der Waals surface area contributed by atoms with Crippen LogP contribution in [0.2, 0.25) is 5.02 Å². The predicted octanol–water partition coefficient (Wildman–Crippen LogP) is 4.70. The minimum absolute atomic E-state index is 0.101. The van der Waals surface area contributed by atoms with E-state index in [0.29, 0.717) is 27.3 Å². The van der Waals surface area contributed by atoms with Gasteiger partial charge < -0.3 is 8.98 Å². The number of benzene rings is 2. The third kappa shape index (κ3) is 3.10. The number of aromatic nitrogens is 1. The summed E-state index contributed by atoms with van der Waals surface area (Å²) in [7, 11) is 0. The summed E-state index contributed by atoms with van der Waals surface area (Å²) in [5.74, 6) is -0.646. The topological polar surface area (TPSA) is 64.6 Å². The van der Waals surface area contributed by atoms with Crippen LogP contribution in [0.15, 0.2) is 69.3 Å². The maximum atomic E-state index is 12.8. The van der Waals surface area contributed by atoms with Crippen molar-refractivity contribution in [3.8, 4) is 0 Å². The Morgan fingerprint density at radius 1 is 1.32 bits per heavy atom. The number of hydrogen-bond acceptors (Lipinski definition) is 4. The molecule has 2 aromatic heterocycles. The van der Waals surface area contributed by atoms with Crippen LogP contribution in [-0.4, -0.2) is 10.5 Å². The average molecular weight is 411 g/mol. The molecule has 0 atom stereocenters. The Hall–Kier alpha value is -2.96. The summed E-state index contributed by atoms with van der Waals surface area (Å²) in [4.78, 5) is 29.7. The molecule has 0 unspecified atom stereocenters. The van der Waals surface area contributed by atoms with Crippen molar-refractivity contribution < 1.29 is 9.21 Å². The van der Waals surface area contributed by atoms with Crippen molar-refractivity contribution in [3.63, 3.8) is 0 Å². The fraction of sp³-hybridized carbons (Fsp3) is 0.0952. The first-order valence-corrected chi connectivity index (χ1v) is 9.70. The summed E-state index contributed by atoms with van der Waals surface area (Å²) in [6.07, 6.45) is 1.72. The van der Waals surface area contributed by atoms with Crippen LogP contribution in [0.4, 0.5) is 0 Å². The molecule has 0 fully saturated rings. The summed E-state index contributed by atoms with van der Waals surface area (Å²) >= 11 is 7.62. The predicted molar refractivity (Wildman–Crippen MR) is 112 cm³/mol. The molecular formula is C21H15ClN2O3S. The highest BCUT2D eigenvalue weighted by Crippen LogP contribution is 2.27. The Kier molecular flexibility index (Phi) is 4.75. The highest BCUT2D eigenvalue weighted by Gasteiger charge is 2.15. The smallest absolute Gasteiger partial charge is 0.349 e. The molecule has 1 amide bonds. The second kappa shape index (κ2) is 7.22. The summed E-state index contributed by atoms with van der Waals surface area (Å²) in [5.41, 5.74) is 1.42. The van der Waals surface area contributed by atoms with Gasteiger partial charge in [-0.2, -0.15) is 4.99 Å². The van der Waals surface area contributed by atoms with Crippen LogP contribution in [0.3, 0.4) is 0 Å². The molecule has 4 aromatic rings. The number of aryl methyl sites for hydroxylation is 1. The number of nitrogens with zero attached hydrogens (tertiary/aromatic N) is 2. The van der Waals surface area contributed by atoms with Crippen molar-refractivity contribution in [2.75, 3.05) is 0 Å². The van der Waals surface area contributed by atoms with Crippen molar-refractivity contribution >= 4 is 50.0 Å². The highest BCUT2D eigenvalue weighted by atomic mass is 35.5. The second-order valence-corrected chi connectivity index (χ2v) is 7.62. The van der Waals surface area contributed by atoms with E-state index in [9.17, 15) is 9.59 Å². The molecule has 0 saturated carbocycles. The zero-order valence-corrected chi connectivity index (χ0v) is 16.5. The quantitative estimate of drug-likeness (QED) is 0.363. The van der Waals surface area contributed by atoms with Gasteiger partial charge in [0.1, 0.15) is 11.1 Å². The van der Waals surface area contributed by atoms with Crippen LogP contribution < -0.4 is 10.4 Å². The third-order valence-corrected chi connectivity index (χ3v) is 5.86. The van der Waals surface area contributed by atoms with Gasteiger partial charge in [-0.1, -0.05) is 47.2 Å². The number of amides is 1. The van der Waals surface area contributed by atoms with Gasteiger partial charge in [-0.15, -0.1) is 6.58 Å². The van der Waals surface area contributed by atoms with E-state index in [2.05, 4.69) is 11.6 Å². The van der Waals surface area contributed by atoms with Crippen molar-refractivity contribution in [2.24, 2.45) is 4.99 Å². The van der Waals surface area contributed by atoms with E-state index in [0.717, 1.165) is 15.8 Å². The second-order valence-electron chi connectivity index (χ2n) is 6.21. The van der Waals surface area contributed by atoms with Crippen molar-refractivity contribution in [1.82, 2.24) is 4.57 Å². The van der Waals surface area contributed by atoms with E-state index < -0.39 is 11.5 Å². The van der Waals surface area contributed by atoms with Gasteiger partial charge in [-0.25, -0.2) is 4.79 Å². The van der Waals surface area contributed by atoms with Crippen LogP contribution in [-0.2, 0) is 6.54 Å². The minimum atomic E-state index is -0.706. The zero-order chi connectivity index (χ0) is 19.8. The lowest BCUT2D eigenvalue weighted by Gasteiger charge is -2.05. The van der Waals surface area contributed by atoms with E-state index in [1.54, 1.807) is 24.3 Å². The average Bonchev–Trinajstić information content (AvgIpc) is 3.02. The normalized spacial score (nSPS) is 12.0. The minimum Gasteiger partial charge on any atom is -0.422 e. The maximum absolute atomic E-state index is 12.8. The molecule has 0 N–H and O–H groups in total. The van der Waals surface area contributed by atoms with Gasteiger partial charge in [0.2, 0.25) is 0 Å². The van der Waals surface area contributed by atoms with Crippen LogP contribution in [0.5, 0.6) is 0 Å². The summed E-state index contributed by atoms with van der Waals surface area (Å²) in [6.45, 7) is 6.16. The zero-order valence-electron chi connectivity index (χ0n) is 14.9. The molecular weight excluding hydrogens is 396 g/mol. The van der Waals surface area contributed by atoms with E-state index >= 15 is 0 Å². The first-order valence-electron chi connectivity index (χ1n) is 8.51. The SMILES string of the molecule is C=CCn1c(=NC(=O)c2cc3ccccc3oc2=O)sc2ccc(Cl)c(C)c21. The van der Waals surface area contributed by atoms with Gasteiger partial charge in [0.25, 0.3) is 5.91 Å². The van der Waals surface area contributed by atoms with Crippen molar-refractivity contribution in [2.45, 2.75) is 13.5 Å². The third-order valence-electron chi connectivity index (χ3n) is 4.41. The number of halogens is 1. The van der Waals surface area contributed by atoms with Crippen LogP contribution in [0.1, 0.15) is 15.9 Å². The van der Waals surface area contributed by atoms with Crippen molar-refractivity contribution in [1.29, 1.82) is 0 Å². The lowest BCUT2D eigenvalue weighted by Crippen LogP contribution is -2.19.